The number of ketones is 2. The molecule has 4 aromatic rings. The van der Waals surface area contributed by atoms with E-state index < -0.39 is 23.4 Å². The summed E-state index contributed by atoms with van der Waals surface area (Å²) >= 11 is 0. The van der Waals surface area contributed by atoms with E-state index in [1.54, 1.807) is 31.4 Å². The van der Waals surface area contributed by atoms with Crippen LogP contribution >= 0.6 is 0 Å². The molecule has 7 rings (SSSR count). The molecule has 1 saturated heterocycles. The number of methoxy groups -OCH3 is 1. The van der Waals surface area contributed by atoms with Crippen LogP contribution in [-0.2, 0) is 16.6 Å². The number of hydrogen-bond acceptors (Lipinski definition) is 5. The average Bonchev–Trinajstić information content (AvgIpc) is 3.53. The Bertz CT molecular complexity index is 1840. The molecule has 0 aliphatic carbocycles. The minimum atomic E-state index is -1.34. The molecule has 4 aromatic carbocycles. The highest BCUT2D eigenvalue weighted by Gasteiger charge is 2.70. The minimum Gasteiger partial charge on any atom is -0.497 e. The summed E-state index contributed by atoms with van der Waals surface area (Å²) in [5.74, 6) is -1.18. The molecule has 0 radical (unpaired) electrons. The van der Waals surface area contributed by atoms with Gasteiger partial charge in [0.15, 0.2) is 11.6 Å². The maximum absolute atomic E-state index is 15.0. The fraction of sp³-hybridized carbons (Fsp3) is 0.237. The van der Waals surface area contributed by atoms with Crippen molar-refractivity contribution in [2.24, 2.45) is 5.92 Å². The molecule has 0 aromatic heterocycles. The van der Waals surface area contributed by atoms with Crippen molar-refractivity contribution >= 4 is 34.4 Å². The molecule has 6 heteroatoms. The van der Waals surface area contributed by atoms with Crippen LogP contribution in [-0.4, -0.2) is 36.7 Å². The predicted octanol–water partition coefficient (Wildman–Crippen LogP) is 6.89. The maximum Gasteiger partial charge on any atom is 0.238 e. The van der Waals surface area contributed by atoms with Gasteiger partial charge in [-0.05, 0) is 54.3 Å². The first-order valence-corrected chi connectivity index (χ1v) is 15.2. The van der Waals surface area contributed by atoms with E-state index in [-0.39, 0.29) is 17.5 Å². The number of hydrogen-bond donors (Lipinski definition) is 1. The maximum atomic E-state index is 15.0. The Balaban J connectivity index is 1.51. The number of rotatable bonds is 7. The van der Waals surface area contributed by atoms with Gasteiger partial charge in [0.2, 0.25) is 5.91 Å². The van der Waals surface area contributed by atoms with Gasteiger partial charge in [-0.25, -0.2) is 0 Å². The molecule has 1 amide bonds. The number of nitrogens with one attached hydrogen (secondary N) is 1. The molecule has 4 unspecified atom stereocenters. The highest BCUT2D eigenvalue weighted by Crippen LogP contribution is 2.58. The molecule has 4 atom stereocenters. The number of ether oxygens (including phenoxy) is 1. The number of carbonyl (C=O) groups excluding carboxylic acids is 3. The second-order valence-electron chi connectivity index (χ2n) is 11.9. The lowest BCUT2D eigenvalue weighted by molar-refractivity contribution is -0.121. The average molecular weight is 583 g/mol. The summed E-state index contributed by atoms with van der Waals surface area (Å²) < 4.78 is 5.47. The van der Waals surface area contributed by atoms with Crippen molar-refractivity contribution in [1.82, 2.24) is 0 Å². The smallest absolute Gasteiger partial charge is 0.238 e. The quantitative estimate of drug-likeness (QED) is 0.240. The lowest BCUT2D eigenvalue weighted by atomic mass is 9.64. The third kappa shape index (κ3) is 3.97. The Morgan fingerprint density at radius 1 is 0.886 bits per heavy atom. The standard InChI is InChI=1S/C38H34N2O4/c1-4-10-24-17-19-25(20-18-24)35(41)33-34(36(42)26-11-9-12-27(22-26)44-3)40-31-16-8-5-13-28(31)23(2)21-32(40)38(33)29-14-6-7-15-30(29)39-37(38)43/h5-9,11-22,32-34H,4,10H2,1-3H3,(H,39,43). The molecule has 1 N–H and O–H groups in total. The van der Waals surface area contributed by atoms with E-state index in [1.165, 1.54) is 0 Å². The highest BCUT2D eigenvalue weighted by atomic mass is 16.5. The zero-order valence-electron chi connectivity index (χ0n) is 25.0. The number of benzene rings is 4. The summed E-state index contributed by atoms with van der Waals surface area (Å²) in [6.07, 6.45) is 3.98. The minimum absolute atomic E-state index is 0.223. The largest absolute Gasteiger partial charge is 0.497 e. The van der Waals surface area contributed by atoms with Crippen molar-refractivity contribution in [2.75, 3.05) is 17.3 Å². The van der Waals surface area contributed by atoms with E-state index >= 15 is 4.79 Å². The molecule has 44 heavy (non-hydrogen) atoms. The van der Waals surface area contributed by atoms with Gasteiger partial charge in [0.25, 0.3) is 0 Å². The number of Topliss-reactive ketones (excluding diaryl/α,β-unsaturated/α-hetero) is 2. The predicted molar refractivity (Wildman–Crippen MR) is 172 cm³/mol. The summed E-state index contributed by atoms with van der Waals surface area (Å²) in [5.41, 5.74) is 4.95. The molecule has 0 bridgehead atoms. The summed E-state index contributed by atoms with van der Waals surface area (Å²) in [7, 11) is 1.56. The van der Waals surface area contributed by atoms with Crippen LogP contribution in [0.15, 0.2) is 103 Å². The Labute approximate surface area is 257 Å². The molecule has 1 spiro atoms. The normalized spacial score (nSPS) is 23.0. The van der Waals surface area contributed by atoms with Crippen LogP contribution in [0.3, 0.4) is 0 Å². The van der Waals surface area contributed by atoms with Gasteiger partial charge in [-0.1, -0.05) is 92.2 Å². The molecular weight excluding hydrogens is 548 g/mol. The molecule has 3 aliphatic rings. The van der Waals surface area contributed by atoms with Crippen molar-refractivity contribution in [3.05, 3.63) is 131 Å². The monoisotopic (exact) mass is 582 g/mol. The zero-order valence-corrected chi connectivity index (χ0v) is 25.0. The van der Waals surface area contributed by atoms with Crippen LogP contribution in [0.25, 0.3) is 5.57 Å². The number of amides is 1. The second kappa shape index (κ2) is 10.6. The first-order valence-electron chi connectivity index (χ1n) is 15.2. The van der Waals surface area contributed by atoms with Crippen LogP contribution in [0.1, 0.15) is 57.7 Å². The molecule has 3 heterocycles. The molecule has 3 aliphatic heterocycles. The third-order valence-electron chi connectivity index (χ3n) is 9.57. The number of nitrogens with zero attached hydrogens (tertiary/aromatic N) is 1. The van der Waals surface area contributed by atoms with E-state index in [0.29, 0.717) is 22.6 Å². The van der Waals surface area contributed by atoms with Crippen molar-refractivity contribution in [3.63, 3.8) is 0 Å². The number of fused-ring (bicyclic) bond motifs is 6. The highest BCUT2D eigenvalue weighted by molar-refractivity contribution is 6.18. The second-order valence-corrected chi connectivity index (χ2v) is 11.9. The fourth-order valence-electron chi connectivity index (χ4n) is 7.64. The van der Waals surface area contributed by atoms with Gasteiger partial charge < -0.3 is 15.0 Å². The van der Waals surface area contributed by atoms with E-state index in [9.17, 15) is 9.59 Å². The first kappa shape index (κ1) is 27.8. The lowest BCUT2D eigenvalue weighted by Crippen LogP contribution is -2.51. The number of carbonyl (C=O) groups is 3. The van der Waals surface area contributed by atoms with Crippen LogP contribution < -0.4 is 15.0 Å². The van der Waals surface area contributed by atoms with E-state index in [2.05, 4.69) is 18.3 Å². The van der Waals surface area contributed by atoms with Gasteiger partial charge in [-0.3, -0.25) is 14.4 Å². The summed E-state index contributed by atoms with van der Waals surface area (Å²) in [5, 5.41) is 3.10. The van der Waals surface area contributed by atoms with Gasteiger partial charge in [-0.15, -0.1) is 0 Å². The van der Waals surface area contributed by atoms with Crippen molar-refractivity contribution in [2.45, 2.75) is 44.2 Å². The van der Waals surface area contributed by atoms with Crippen LogP contribution in [0.5, 0.6) is 5.75 Å². The van der Waals surface area contributed by atoms with Crippen LogP contribution in [0.4, 0.5) is 11.4 Å². The van der Waals surface area contributed by atoms with Gasteiger partial charge >= 0.3 is 0 Å². The Morgan fingerprint density at radius 3 is 2.41 bits per heavy atom. The van der Waals surface area contributed by atoms with Gasteiger partial charge in [0, 0.05) is 28.1 Å². The van der Waals surface area contributed by atoms with E-state index in [0.717, 1.165) is 40.8 Å². The Kier molecular flexibility index (Phi) is 6.73. The lowest BCUT2D eigenvalue weighted by Gasteiger charge is -2.39. The number of allylic oxidation sites excluding steroid dienone is 1. The Hall–Kier alpha value is -4.97. The number of aryl methyl sites for hydroxylation is 1. The Morgan fingerprint density at radius 2 is 1.64 bits per heavy atom. The number of anilines is 2. The van der Waals surface area contributed by atoms with E-state index in [4.69, 9.17) is 4.74 Å². The van der Waals surface area contributed by atoms with Crippen LogP contribution in [0.2, 0.25) is 0 Å². The molecule has 220 valence electrons. The van der Waals surface area contributed by atoms with Gasteiger partial charge in [0.05, 0.1) is 19.1 Å². The van der Waals surface area contributed by atoms with Gasteiger partial charge in [-0.2, -0.15) is 0 Å². The first-order chi connectivity index (χ1) is 21.4. The SMILES string of the molecule is CCCc1ccc(C(=O)C2C(C(=O)c3cccc(OC)c3)N3c4ccccc4C(C)=CC3C23C(=O)Nc2ccccc23)cc1. The zero-order chi connectivity index (χ0) is 30.6. The van der Waals surface area contributed by atoms with Crippen molar-refractivity contribution in [3.8, 4) is 5.75 Å². The topological polar surface area (TPSA) is 75.7 Å². The summed E-state index contributed by atoms with van der Waals surface area (Å²) in [6.45, 7) is 4.15. The molecule has 0 saturated carbocycles. The van der Waals surface area contributed by atoms with Crippen molar-refractivity contribution < 1.29 is 19.1 Å². The van der Waals surface area contributed by atoms with Gasteiger partial charge in [0.1, 0.15) is 17.2 Å². The fourth-order valence-corrected chi connectivity index (χ4v) is 7.64. The van der Waals surface area contributed by atoms with Crippen LogP contribution in [0, 0.1) is 5.92 Å². The number of para-hydroxylation sites is 2. The van der Waals surface area contributed by atoms with E-state index in [1.807, 2.05) is 84.6 Å². The molecule has 1 fully saturated rings. The molecular formula is C38H34N2O4. The summed E-state index contributed by atoms with van der Waals surface area (Å²) in [6, 6.07) is 28.7. The summed E-state index contributed by atoms with van der Waals surface area (Å²) in [4.78, 5) is 46.5. The molecule has 6 nitrogen and oxygen atoms in total. The third-order valence-corrected chi connectivity index (χ3v) is 9.57. The van der Waals surface area contributed by atoms with Crippen molar-refractivity contribution in [1.29, 1.82) is 0 Å².